The molecule has 1 aromatic rings. The van der Waals surface area contributed by atoms with Gasteiger partial charge in [0, 0.05) is 0 Å². The van der Waals surface area contributed by atoms with Gasteiger partial charge in [-0.2, -0.15) is 0 Å². The highest BCUT2D eigenvalue weighted by atomic mass is 14.2. The standard InChI is InChI=1S/C16H20/c1-3-16(14-7-5-4-6-8-14)15-11-9-13(2)10-12-15/h4-7,9-12,14,16H,3,8H2,1-2H3. The van der Waals surface area contributed by atoms with Crippen molar-refractivity contribution in [2.75, 3.05) is 0 Å². The molecule has 2 unspecified atom stereocenters. The largest absolute Gasteiger partial charge is 0.0839 e. The maximum atomic E-state index is 2.36. The van der Waals surface area contributed by atoms with E-state index < -0.39 is 0 Å². The molecule has 0 nitrogen and oxygen atoms in total. The van der Waals surface area contributed by atoms with Crippen molar-refractivity contribution in [3.63, 3.8) is 0 Å². The van der Waals surface area contributed by atoms with E-state index in [4.69, 9.17) is 0 Å². The molecule has 84 valence electrons. The molecule has 0 spiro atoms. The molecule has 0 bridgehead atoms. The molecule has 0 saturated heterocycles. The van der Waals surface area contributed by atoms with E-state index in [0.29, 0.717) is 11.8 Å². The Kier molecular flexibility index (Phi) is 3.61. The van der Waals surface area contributed by atoms with Crippen LogP contribution in [0.2, 0.25) is 0 Å². The Balaban J connectivity index is 2.18. The van der Waals surface area contributed by atoms with E-state index in [1.807, 2.05) is 0 Å². The van der Waals surface area contributed by atoms with Gasteiger partial charge in [-0.25, -0.2) is 0 Å². The van der Waals surface area contributed by atoms with Crippen molar-refractivity contribution < 1.29 is 0 Å². The summed E-state index contributed by atoms with van der Waals surface area (Å²) < 4.78 is 0. The van der Waals surface area contributed by atoms with Crippen LogP contribution in [0.25, 0.3) is 0 Å². The summed E-state index contributed by atoms with van der Waals surface area (Å²) in [5.41, 5.74) is 2.83. The summed E-state index contributed by atoms with van der Waals surface area (Å²) in [7, 11) is 0. The second-order valence-electron chi connectivity index (χ2n) is 4.64. The smallest absolute Gasteiger partial charge is 0.00985 e. The first kappa shape index (κ1) is 11.2. The number of rotatable bonds is 3. The zero-order valence-electron chi connectivity index (χ0n) is 10.2. The Morgan fingerprint density at radius 1 is 1.19 bits per heavy atom. The molecule has 0 heteroatoms. The van der Waals surface area contributed by atoms with Gasteiger partial charge in [0.05, 0.1) is 0 Å². The van der Waals surface area contributed by atoms with E-state index in [9.17, 15) is 0 Å². The lowest BCUT2D eigenvalue weighted by Crippen LogP contribution is -2.10. The number of benzene rings is 1. The predicted octanol–water partition coefficient (Wildman–Crippen LogP) is 4.62. The molecule has 16 heavy (non-hydrogen) atoms. The molecular formula is C16H20. The van der Waals surface area contributed by atoms with Gasteiger partial charge in [0.1, 0.15) is 0 Å². The van der Waals surface area contributed by atoms with Crippen molar-refractivity contribution in [3.05, 3.63) is 59.7 Å². The average molecular weight is 212 g/mol. The second kappa shape index (κ2) is 5.16. The Hall–Kier alpha value is -1.30. The molecule has 0 aromatic heterocycles. The summed E-state index contributed by atoms with van der Waals surface area (Å²) >= 11 is 0. The number of allylic oxidation sites excluding steroid dienone is 4. The van der Waals surface area contributed by atoms with E-state index in [1.165, 1.54) is 24.0 Å². The second-order valence-corrected chi connectivity index (χ2v) is 4.64. The fourth-order valence-electron chi connectivity index (χ4n) is 2.50. The molecule has 0 saturated carbocycles. The quantitative estimate of drug-likeness (QED) is 0.685. The van der Waals surface area contributed by atoms with Gasteiger partial charge in [0.15, 0.2) is 0 Å². The summed E-state index contributed by atoms with van der Waals surface area (Å²) in [5.74, 6) is 1.35. The zero-order valence-corrected chi connectivity index (χ0v) is 10.2. The molecule has 1 aliphatic carbocycles. The minimum absolute atomic E-state index is 0.668. The van der Waals surface area contributed by atoms with Crippen LogP contribution < -0.4 is 0 Å². The molecule has 2 rings (SSSR count). The molecule has 0 radical (unpaired) electrons. The van der Waals surface area contributed by atoms with Crippen molar-refractivity contribution in [1.82, 2.24) is 0 Å². The van der Waals surface area contributed by atoms with E-state index >= 15 is 0 Å². The fourth-order valence-corrected chi connectivity index (χ4v) is 2.50. The highest BCUT2D eigenvalue weighted by Gasteiger charge is 2.18. The van der Waals surface area contributed by atoms with Crippen LogP contribution in [-0.2, 0) is 0 Å². The third kappa shape index (κ3) is 2.44. The van der Waals surface area contributed by atoms with Gasteiger partial charge in [-0.3, -0.25) is 0 Å². The first-order valence-corrected chi connectivity index (χ1v) is 6.21. The third-order valence-corrected chi connectivity index (χ3v) is 3.48. The van der Waals surface area contributed by atoms with Crippen LogP contribution in [0.4, 0.5) is 0 Å². The topological polar surface area (TPSA) is 0 Å². The summed E-state index contributed by atoms with van der Waals surface area (Å²) in [5, 5.41) is 0. The van der Waals surface area contributed by atoms with Crippen molar-refractivity contribution in [1.29, 1.82) is 0 Å². The average Bonchev–Trinajstić information content (AvgIpc) is 2.34. The van der Waals surface area contributed by atoms with Crippen LogP contribution in [0.3, 0.4) is 0 Å². The molecule has 0 N–H and O–H groups in total. The molecule has 0 heterocycles. The van der Waals surface area contributed by atoms with E-state index in [2.05, 4.69) is 62.4 Å². The maximum Gasteiger partial charge on any atom is -0.00985 e. The minimum Gasteiger partial charge on any atom is -0.0839 e. The highest BCUT2D eigenvalue weighted by Crippen LogP contribution is 2.33. The molecule has 1 aromatic carbocycles. The lowest BCUT2D eigenvalue weighted by atomic mass is 9.80. The van der Waals surface area contributed by atoms with Crippen molar-refractivity contribution in [2.24, 2.45) is 5.92 Å². The molecular weight excluding hydrogens is 192 g/mol. The maximum absolute atomic E-state index is 2.36. The van der Waals surface area contributed by atoms with Crippen LogP contribution in [-0.4, -0.2) is 0 Å². The van der Waals surface area contributed by atoms with Crippen LogP contribution in [0.1, 0.15) is 36.8 Å². The molecule has 0 amide bonds. The Morgan fingerprint density at radius 2 is 1.94 bits per heavy atom. The first-order chi connectivity index (χ1) is 7.81. The zero-order chi connectivity index (χ0) is 11.4. The van der Waals surface area contributed by atoms with Gasteiger partial charge < -0.3 is 0 Å². The van der Waals surface area contributed by atoms with Crippen LogP contribution in [0.5, 0.6) is 0 Å². The van der Waals surface area contributed by atoms with Gasteiger partial charge >= 0.3 is 0 Å². The fraction of sp³-hybridized carbons (Fsp3) is 0.375. The van der Waals surface area contributed by atoms with E-state index in [0.717, 1.165) is 0 Å². The van der Waals surface area contributed by atoms with Crippen LogP contribution in [0, 0.1) is 12.8 Å². The Morgan fingerprint density at radius 3 is 2.50 bits per heavy atom. The molecule has 0 fully saturated rings. The normalized spacial score (nSPS) is 21.0. The highest BCUT2D eigenvalue weighted by molar-refractivity contribution is 5.27. The lowest BCUT2D eigenvalue weighted by molar-refractivity contribution is 0.494. The number of hydrogen-bond acceptors (Lipinski definition) is 0. The summed E-state index contributed by atoms with van der Waals surface area (Å²) in [6.07, 6.45) is 11.4. The van der Waals surface area contributed by atoms with Gasteiger partial charge in [-0.05, 0) is 37.2 Å². The predicted molar refractivity (Wildman–Crippen MR) is 70.6 cm³/mol. The Bertz CT molecular complexity index is 381. The monoisotopic (exact) mass is 212 g/mol. The summed E-state index contributed by atoms with van der Waals surface area (Å²) in [6, 6.07) is 9.02. The van der Waals surface area contributed by atoms with Gasteiger partial charge in [-0.15, -0.1) is 0 Å². The lowest BCUT2D eigenvalue weighted by Gasteiger charge is -2.24. The van der Waals surface area contributed by atoms with E-state index in [-0.39, 0.29) is 0 Å². The number of aryl methyl sites for hydroxylation is 1. The van der Waals surface area contributed by atoms with Crippen molar-refractivity contribution >= 4 is 0 Å². The first-order valence-electron chi connectivity index (χ1n) is 6.21. The molecule has 2 atom stereocenters. The molecule has 1 aliphatic rings. The Labute approximate surface area is 98.7 Å². The molecule has 0 aliphatic heterocycles. The van der Waals surface area contributed by atoms with Crippen molar-refractivity contribution in [3.8, 4) is 0 Å². The van der Waals surface area contributed by atoms with Crippen LogP contribution >= 0.6 is 0 Å². The number of hydrogen-bond donors (Lipinski definition) is 0. The van der Waals surface area contributed by atoms with Gasteiger partial charge in [0.25, 0.3) is 0 Å². The minimum atomic E-state index is 0.668. The third-order valence-electron chi connectivity index (χ3n) is 3.48. The van der Waals surface area contributed by atoms with Crippen molar-refractivity contribution in [2.45, 2.75) is 32.6 Å². The van der Waals surface area contributed by atoms with E-state index in [1.54, 1.807) is 0 Å². The summed E-state index contributed by atoms with van der Waals surface area (Å²) in [4.78, 5) is 0. The van der Waals surface area contributed by atoms with Crippen LogP contribution in [0.15, 0.2) is 48.6 Å². The summed E-state index contributed by atoms with van der Waals surface area (Å²) in [6.45, 7) is 4.44. The van der Waals surface area contributed by atoms with Gasteiger partial charge in [-0.1, -0.05) is 61.1 Å². The SMILES string of the molecule is CCC(c1ccc(C)cc1)C1C=CC=CC1. The van der Waals surface area contributed by atoms with Gasteiger partial charge in [0.2, 0.25) is 0 Å².